The van der Waals surface area contributed by atoms with Crippen LogP contribution in [0, 0.1) is 6.92 Å². The van der Waals surface area contributed by atoms with Gasteiger partial charge in [-0.25, -0.2) is 0 Å². The number of nitrogens with zero attached hydrogens (tertiary/aromatic N) is 3. The number of carbonyl (C=O) groups excluding carboxylic acids is 1. The average molecular weight is 328 g/mol. The van der Waals surface area contributed by atoms with Crippen LogP contribution in [0.4, 0.5) is 0 Å². The Morgan fingerprint density at radius 3 is 3.12 bits per heavy atom. The molecule has 1 aliphatic rings. The molecule has 3 aromatic rings. The predicted octanol–water partition coefficient (Wildman–Crippen LogP) is 2.17. The van der Waals surface area contributed by atoms with Crippen LogP contribution in [0.5, 0.6) is 0 Å². The molecule has 0 saturated carbocycles. The van der Waals surface area contributed by atoms with Crippen molar-refractivity contribution in [3.05, 3.63) is 42.0 Å². The molecule has 1 fully saturated rings. The number of hydrogen-bond acceptors (Lipinski definition) is 7. The first-order chi connectivity index (χ1) is 11.7. The summed E-state index contributed by atoms with van der Waals surface area (Å²) in [4.78, 5) is 20.7. The van der Waals surface area contributed by atoms with E-state index in [4.69, 9.17) is 13.7 Å². The second kappa shape index (κ2) is 6.04. The normalized spacial score (nSPS) is 20.5. The summed E-state index contributed by atoms with van der Waals surface area (Å²) in [6.45, 7) is 2.17. The van der Waals surface area contributed by atoms with Crippen molar-refractivity contribution in [2.45, 2.75) is 32.0 Å². The number of aromatic nitrogens is 3. The molecular weight excluding hydrogens is 312 g/mol. The first-order valence-electron chi connectivity index (χ1n) is 7.77. The lowest BCUT2D eigenvalue weighted by atomic mass is 10.2. The summed E-state index contributed by atoms with van der Waals surface area (Å²) in [5.41, 5.74) is 0.988. The zero-order chi connectivity index (χ0) is 16.5. The Kier molecular flexibility index (Phi) is 3.73. The lowest BCUT2D eigenvalue weighted by Gasteiger charge is -2.12. The molecule has 124 valence electrons. The van der Waals surface area contributed by atoms with Gasteiger partial charge in [0.05, 0.1) is 17.8 Å². The molecule has 4 rings (SSSR count). The molecule has 1 saturated heterocycles. The zero-order valence-corrected chi connectivity index (χ0v) is 13.1. The highest BCUT2D eigenvalue weighted by molar-refractivity contribution is 6.03. The van der Waals surface area contributed by atoms with Crippen molar-refractivity contribution in [3.8, 4) is 0 Å². The maximum atomic E-state index is 12.4. The van der Waals surface area contributed by atoms with E-state index in [9.17, 15) is 4.79 Å². The lowest BCUT2D eigenvalue weighted by molar-refractivity contribution is 0.0262. The van der Waals surface area contributed by atoms with Crippen molar-refractivity contribution >= 4 is 16.9 Å². The molecule has 0 bridgehead atoms. The van der Waals surface area contributed by atoms with Crippen LogP contribution in [-0.4, -0.2) is 33.7 Å². The van der Waals surface area contributed by atoms with E-state index >= 15 is 0 Å². The summed E-state index contributed by atoms with van der Waals surface area (Å²) in [6.07, 6.45) is 4.41. The molecule has 0 unspecified atom stereocenters. The molecule has 24 heavy (non-hydrogen) atoms. The topological polar surface area (TPSA) is 103 Å². The quantitative estimate of drug-likeness (QED) is 0.782. The van der Waals surface area contributed by atoms with Gasteiger partial charge in [-0.15, -0.1) is 0 Å². The average Bonchev–Trinajstić information content (AvgIpc) is 3.31. The van der Waals surface area contributed by atoms with Crippen molar-refractivity contribution < 1.29 is 18.5 Å². The molecule has 8 heteroatoms. The molecular formula is C16H16N4O4. The van der Waals surface area contributed by atoms with Gasteiger partial charge in [0.2, 0.25) is 0 Å². The number of fused-ring (bicyclic) bond motifs is 1. The van der Waals surface area contributed by atoms with Crippen LogP contribution in [0.15, 0.2) is 33.5 Å². The molecule has 0 aromatic carbocycles. The molecule has 4 heterocycles. The molecule has 8 nitrogen and oxygen atoms in total. The van der Waals surface area contributed by atoms with Crippen molar-refractivity contribution in [1.29, 1.82) is 0 Å². The van der Waals surface area contributed by atoms with E-state index in [1.807, 2.05) is 0 Å². The van der Waals surface area contributed by atoms with Crippen LogP contribution < -0.4 is 5.32 Å². The molecule has 2 atom stereocenters. The largest absolute Gasteiger partial charge is 0.464 e. The van der Waals surface area contributed by atoms with Gasteiger partial charge in [0, 0.05) is 12.7 Å². The number of ether oxygens (including phenoxy) is 1. The Bertz CT molecular complexity index is 872. The highest BCUT2D eigenvalue weighted by atomic mass is 16.5. The van der Waals surface area contributed by atoms with Crippen LogP contribution in [0.3, 0.4) is 0 Å². The van der Waals surface area contributed by atoms with E-state index in [0.29, 0.717) is 34.9 Å². The van der Waals surface area contributed by atoms with Gasteiger partial charge >= 0.3 is 0 Å². The Morgan fingerprint density at radius 1 is 1.38 bits per heavy atom. The summed E-state index contributed by atoms with van der Waals surface area (Å²) < 4.78 is 16.3. The van der Waals surface area contributed by atoms with Crippen molar-refractivity contribution in [3.63, 3.8) is 0 Å². The number of carbonyl (C=O) groups is 1. The number of amides is 1. The highest BCUT2D eigenvalue weighted by Gasteiger charge is 2.30. The van der Waals surface area contributed by atoms with E-state index in [-0.39, 0.29) is 18.1 Å². The van der Waals surface area contributed by atoms with Crippen LogP contribution in [0.1, 0.15) is 41.1 Å². The number of nitrogens with one attached hydrogen (secondary N) is 1. The van der Waals surface area contributed by atoms with Gasteiger partial charge < -0.3 is 19.0 Å². The molecule has 3 aromatic heterocycles. The van der Waals surface area contributed by atoms with Gasteiger partial charge in [0.1, 0.15) is 17.4 Å². The number of rotatable bonds is 4. The van der Waals surface area contributed by atoms with E-state index in [1.165, 1.54) is 0 Å². The molecule has 1 aliphatic heterocycles. The minimum atomic E-state index is -0.248. The fourth-order valence-electron chi connectivity index (χ4n) is 2.85. The predicted molar refractivity (Wildman–Crippen MR) is 82.2 cm³/mol. The zero-order valence-electron chi connectivity index (χ0n) is 13.1. The van der Waals surface area contributed by atoms with Crippen LogP contribution in [0.25, 0.3) is 11.0 Å². The van der Waals surface area contributed by atoms with E-state index in [2.05, 4.69) is 20.4 Å². The maximum absolute atomic E-state index is 12.4. The van der Waals surface area contributed by atoms with Gasteiger partial charge in [0.15, 0.2) is 5.82 Å². The summed E-state index contributed by atoms with van der Waals surface area (Å²) >= 11 is 0. The van der Waals surface area contributed by atoms with Gasteiger partial charge in [-0.2, -0.15) is 4.98 Å². The maximum Gasteiger partial charge on any atom is 0.270 e. The van der Waals surface area contributed by atoms with Crippen LogP contribution in [0.2, 0.25) is 0 Å². The number of hydrogen-bond donors (Lipinski definition) is 1. The Morgan fingerprint density at radius 2 is 2.29 bits per heavy atom. The lowest BCUT2D eigenvalue weighted by Crippen LogP contribution is -2.32. The van der Waals surface area contributed by atoms with Gasteiger partial charge in [-0.3, -0.25) is 9.78 Å². The number of pyridine rings is 1. The van der Waals surface area contributed by atoms with Crippen LogP contribution >= 0.6 is 0 Å². The Balaban J connectivity index is 1.37. The molecule has 0 radical (unpaired) electrons. The third kappa shape index (κ3) is 2.76. The highest BCUT2D eigenvalue weighted by Crippen LogP contribution is 2.31. The smallest absolute Gasteiger partial charge is 0.270 e. The standard InChI is InChI=1S/C16H16N4O4/c1-9-19-16(24-20-9)13-3-2-10(23-13)8-18-15(21)14-11-5-7-22-12(11)4-6-17-14/h4-7,10,13H,2-3,8H2,1H3,(H,18,21)/t10-,13+/m1/s1. The summed E-state index contributed by atoms with van der Waals surface area (Å²) in [5, 5.41) is 7.33. The summed E-state index contributed by atoms with van der Waals surface area (Å²) in [5.74, 6) is 0.832. The Hall–Kier alpha value is -2.74. The number of aryl methyl sites for hydroxylation is 1. The number of furan rings is 1. The Labute approximate surface area is 137 Å². The summed E-state index contributed by atoms with van der Waals surface area (Å²) in [6, 6.07) is 3.46. The molecule has 1 N–H and O–H groups in total. The monoisotopic (exact) mass is 328 g/mol. The second-order valence-corrected chi connectivity index (χ2v) is 5.71. The fourth-order valence-corrected chi connectivity index (χ4v) is 2.85. The van der Waals surface area contributed by atoms with Gasteiger partial charge in [0.25, 0.3) is 11.8 Å². The minimum absolute atomic E-state index is 0.0882. The third-order valence-corrected chi connectivity index (χ3v) is 4.01. The minimum Gasteiger partial charge on any atom is -0.464 e. The first kappa shape index (κ1) is 14.8. The van der Waals surface area contributed by atoms with Gasteiger partial charge in [-0.05, 0) is 31.9 Å². The van der Waals surface area contributed by atoms with Crippen molar-refractivity contribution in [2.75, 3.05) is 6.54 Å². The first-order valence-corrected chi connectivity index (χ1v) is 7.77. The van der Waals surface area contributed by atoms with Crippen molar-refractivity contribution in [2.24, 2.45) is 0 Å². The van der Waals surface area contributed by atoms with E-state index in [1.54, 1.807) is 31.5 Å². The fraction of sp³-hybridized carbons (Fsp3) is 0.375. The SMILES string of the molecule is Cc1noc([C@@H]2CC[C@H](CNC(=O)c3nccc4occc34)O2)n1. The van der Waals surface area contributed by atoms with E-state index < -0.39 is 0 Å². The van der Waals surface area contributed by atoms with Crippen LogP contribution in [-0.2, 0) is 4.74 Å². The van der Waals surface area contributed by atoms with Crippen molar-refractivity contribution in [1.82, 2.24) is 20.4 Å². The molecule has 1 amide bonds. The molecule has 0 spiro atoms. The summed E-state index contributed by atoms with van der Waals surface area (Å²) in [7, 11) is 0. The van der Waals surface area contributed by atoms with Gasteiger partial charge in [-0.1, -0.05) is 5.16 Å². The molecule has 0 aliphatic carbocycles. The van der Waals surface area contributed by atoms with E-state index in [0.717, 1.165) is 12.8 Å². The third-order valence-electron chi connectivity index (χ3n) is 4.01. The second-order valence-electron chi connectivity index (χ2n) is 5.71.